The average molecular weight is 324 g/mol. The fourth-order valence-electron chi connectivity index (χ4n) is 3.40. The lowest BCUT2D eigenvalue weighted by atomic mass is 9.87. The van der Waals surface area contributed by atoms with E-state index in [0.29, 0.717) is 0 Å². The van der Waals surface area contributed by atoms with Crippen molar-refractivity contribution in [1.82, 2.24) is 10.2 Å². The van der Waals surface area contributed by atoms with Gasteiger partial charge in [-0.1, -0.05) is 29.8 Å². The van der Waals surface area contributed by atoms with E-state index in [-0.39, 0.29) is 6.04 Å². The van der Waals surface area contributed by atoms with Crippen LogP contribution < -0.4 is 10.1 Å². The minimum atomic E-state index is 0.283. The molecule has 3 nitrogen and oxygen atoms in total. The van der Waals surface area contributed by atoms with Gasteiger partial charge in [-0.3, -0.25) is 0 Å². The lowest BCUT2D eigenvalue weighted by Gasteiger charge is -2.29. The number of nitrogens with one attached hydrogen (secondary N) is 1. The Kier molecular flexibility index (Phi) is 5.22. The molecule has 1 aliphatic heterocycles. The summed E-state index contributed by atoms with van der Waals surface area (Å²) in [5.74, 6) is 0.983. The van der Waals surface area contributed by atoms with E-state index in [1.807, 2.05) is 0 Å². The van der Waals surface area contributed by atoms with Gasteiger partial charge in [-0.15, -0.1) is 0 Å². The van der Waals surface area contributed by atoms with E-state index in [9.17, 15) is 0 Å². The molecule has 1 unspecified atom stereocenters. The zero-order chi connectivity index (χ0) is 17.1. The normalized spacial score (nSPS) is 17.0. The summed E-state index contributed by atoms with van der Waals surface area (Å²) >= 11 is 0. The summed E-state index contributed by atoms with van der Waals surface area (Å²) in [6.45, 7) is 7.02. The predicted molar refractivity (Wildman–Crippen MR) is 100.0 cm³/mol. The molecule has 0 fully saturated rings. The van der Waals surface area contributed by atoms with Gasteiger partial charge in [0.25, 0.3) is 0 Å². The summed E-state index contributed by atoms with van der Waals surface area (Å²) in [6.07, 6.45) is 1.06. The standard InChI is InChI=1S/C21H28N2O/c1-15-5-7-19(16(2)13-15)21-20-8-6-18(24-12-11-23(3)4)14-17(20)9-10-22-21/h5-8,13-14,21-22H,9-12H2,1-4H3. The molecule has 0 bridgehead atoms. The van der Waals surface area contributed by atoms with Crippen molar-refractivity contribution in [2.45, 2.75) is 26.3 Å². The maximum atomic E-state index is 5.90. The van der Waals surface area contributed by atoms with Crippen LogP contribution in [0.25, 0.3) is 0 Å². The number of aryl methyl sites for hydroxylation is 2. The number of hydrogen-bond acceptors (Lipinski definition) is 3. The third kappa shape index (κ3) is 3.80. The lowest BCUT2D eigenvalue weighted by molar-refractivity contribution is 0.261. The molecule has 128 valence electrons. The van der Waals surface area contributed by atoms with Crippen molar-refractivity contribution >= 4 is 0 Å². The first-order valence-electron chi connectivity index (χ1n) is 8.75. The molecule has 0 spiro atoms. The van der Waals surface area contributed by atoms with Crippen LogP contribution in [0.3, 0.4) is 0 Å². The zero-order valence-electron chi connectivity index (χ0n) is 15.2. The van der Waals surface area contributed by atoms with Crippen molar-refractivity contribution in [2.75, 3.05) is 33.8 Å². The Morgan fingerprint density at radius 1 is 1.08 bits per heavy atom. The SMILES string of the molecule is Cc1ccc(C2NCCc3cc(OCCN(C)C)ccc32)c(C)c1. The molecule has 1 aliphatic rings. The van der Waals surface area contributed by atoms with Crippen molar-refractivity contribution in [2.24, 2.45) is 0 Å². The number of rotatable bonds is 5. The molecule has 1 N–H and O–H groups in total. The third-order valence-corrected chi connectivity index (χ3v) is 4.71. The number of hydrogen-bond donors (Lipinski definition) is 1. The maximum Gasteiger partial charge on any atom is 0.119 e. The van der Waals surface area contributed by atoms with Crippen molar-refractivity contribution < 1.29 is 4.74 Å². The Labute approximate surface area is 145 Å². The summed E-state index contributed by atoms with van der Waals surface area (Å²) in [7, 11) is 4.13. The van der Waals surface area contributed by atoms with E-state index in [1.165, 1.54) is 27.8 Å². The van der Waals surface area contributed by atoms with Crippen LogP contribution in [-0.2, 0) is 6.42 Å². The average Bonchev–Trinajstić information content (AvgIpc) is 2.54. The molecule has 0 aromatic heterocycles. The van der Waals surface area contributed by atoms with Crippen LogP contribution in [0.4, 0.5) is 0 Å². The summed E-state index contributed by atoms with van der Waals surface area (Å²) in [4.78, 5) is 2.14. The van der Waals surface area contributed by atoms with Crippen LogP contribution in [0.5, 0.6) is 5.75 Å². The Balaban J connectivity index is 1.83. The van der Waals surface area contributed by atoms with Crippen molar-refractivity contribution in [1.29, 1.82) is 0 Å². The van der Waals surface area contributed by atoms with Gasteiger partial charge in [0.1, 0.15) is 12.4 Å². The fourth-order valence-corrected chi connectivity index (χ4v) is 3.40. The Morgan fingerprint density at radius 3 is 2.62 bits per heavy atom. The maximum absolute atomic E-state index is 5.90. The van der Waals surface area contributed by atoms with Gasteiger partial charge in [-0.2, -0.15) is 0 Å². The third-order valence-electron chi connectivity index (χ3n) is 4.71. The van der Waals surface area contributed by atoms with Gasteiger partial charge < -0.3 is 15.0 Å². The molecule has 0 aliphatic carbocycles. The Morgan fingerprint density at radius 2 is 1.88 bits per heavy atom. The predicted octanol–water partition coefficient (Wildman–Crippen LogP) is 3.48. The van der Waals surface area contributed by atoms with Crippen LogP contribution in [0.15, 0.2) is 36.4 Å². The molecular weight excluding hydrogens is 296 g/mol. The first-order valence-corrected chi connectivity index (χ1v) is 8.75. The molecule has 0 amide bonds. The highest BCUT2D eigenvalue weighted by Crippen LogP contribution is 2.32. The molecule has 1 atom stereocenters. The van der Waals surface area contributed by atoms with Crippen molar-refractivity contribution in [3.63, 3.8) is 0 Å². The van der Waals surface area contributed by atoms with Gasteiger partial charge in [0.15, 0.2) is 0 Å². The quantitative estimate of drug-likeness (QED) is 0.911. The highest BCUT2D eigenvalue weighted by molar-refractivity contribution is 5.46. The van der Waals surface area contributed by atoms with E-state index in [4.69, 9.17) is 4.74 Å². The van der Waals surface area contributed by atoms with E-state index >= 15 is 0 Å². The van der Waals surface area contributed by atoms with Crippen LogP contribution in [0.1, 0.15) is 33.9 Å². The second-order valence-corrected chi connectivity index (χ2v) is 7.01. The molecule has 0 saturated carbocycles. The smallest absolute Gasteiger partial charge is 0.119 e. The Bertz CT molecular complexity index is 709. The zero-order valence-corrected chi connectivity index (χ0v) is 15.2. The highest BCUT2D eigenvalue weighted by atomic mass is 16.5. The van der Waals surface area contributed by atoms with Crippen LogP contribution in [-0.4, -0.2) is 38.7 Å². The lowest BCUT2D eigenvalue weighted by Crippen LogP contribution is -2.31. The molecule has 1 heterocycles. The fraction of sp³-hybridized carbons (Fsp3) is 0.429. The van der Waals surface area contributed by atoms with E-state index in [2.05, 4.69) is 74.6 Å². The van der Waals surface area contributed by atoms with E-state index in [1.54, 1.807) is 0 Å². The van der Waals surface area contributed by atoms with Gasteiger partial charge >= 0.3 is 0 Å². The van der Waals surface area contributed by atoms with Crippen LogP contribution in [0, 0.1) is 13.8 Å². The number of fused-ring (bicyclic) bond motifs is 1. The monoisotopic (exact) mass is 324 g/mol. The van der Waals surface area contributed by atoms with Crippen molar-refractivity contribution in [3.8, 4) is 5.75 Å². The molecule has 2 aromatic carbocycles. The van der Waals surface area contributed by atoms with Crippen molar-refractivity contribution in [3.05, 3.63) is 64.2 Å². The molecule has 24 heavy (non-hydrogen) atoms. The Hall–Kier alpha value is -1.84. The topological polar surface area (TPSA) is 24.5 Å². The number of benzene rings is 2. The first-order chi connectivity index (χ1) is 11.5. The second kappa shape index (κ2) is 7.37. The molecule has 3 rings (SSSR count). The molecular formula is C21H28N2O. The molecule has 0 saturated heterocycles. The summed E-state index contributed by atoms with van der Waals surface area (Å²) in [5.41, 5.74) is 6.83. The van der Waals surface area contributed by atoms with Gasteiger partial charge in [-0.25, -0.2) is 0 Å². The van der Waals surface area contributed by atoms with Gasteiger partial charge in [0.2, 0.25) is 0 Å². The minimum absolute atomic E-state index is 0.283. The van der Waals surface area contributed by atoms with Gasteiger partial charge in [0.05, 0.1) is 6.04 Å². The van der Waals surface area contributed by atoms with Gasteiger partial charge in [-0.05, 0) is 68.8 Å². The van der Waals surface area contributed by atoms with Crippen LogP contribution >= 0.6 is 0 Å². The molecule has 2 aromatic rings. The van der Waals surface area contributed by atoms with Gasteiger partial charge in [0, 0.05) is 13.1 Å². The number of ether oxygens (including phenoxy) is 1. The minimum Gasteiger partial charge on any atom is -0.492 e. The number of nitrogens with zero attached hydrogens (tertiary/aromatic N) is 1. The van der Waals surface area contributed by atoms with E-state index in [0.717, 1.165) is 31.9 Å². The highest BCUT2D eigenvalue weighted by Gasteiger charge is 2.22. The summed E-state index contributed by atoms with van der Waals surface area (Å²) < 4.78 is 5.90. The molecule has 3 heteroatoms. The van der Waals surface area contributed by atoms with Crippen LogP contribution in [0.2, 0.25) is 0 Å². The molecule has 0 radical (unpaired) electrons. The largest absolute Gasteiger partial charge is 0.492 e. The second-order valence-electron chi connectivity index (χ2n) is 7.01. The first kappa shape index (κ1) is 17.0. The number of likely N-dealkylation sites (N-methyl/N-ethyl adjacent to an activating group) is 1. The summed E-state index contributed by atoms with van der Waals surface area (Å²) in [6, 6.07) is 13.6. The van der Waals surface area contributed by atoms with E-state index < -0.39 is 0 Å². The summed E-state index contributed by atoms with van der Waals surface area (Å²) in [5, 5.41) is 3.68.